The maximum Gasteiger partial charge on any atom is 0.0234 e. The molecule has 0 N–H and O–H groups in total. The van der Waals surface area contributed by atoms with E-state index >= 15 is 0 Å². The summed E-state index contributed by atoms with van der Waals surface area (Å²) in [4.78, 5) is 8.07. The summed E-state index contributed by atoms with van der Waals surface area (Å²) in [5.74, 6) is 0. The summed E-state index contributed by atoms with van der Waals surface area (Å²) in [5, 5.41) is 0. The van der Waals surface area contributed by atoms with Crippen LogP contribution in [0.2, 0.25) is 0 Å². The number of hydrogen-bond donors (Lipinski definition) is 0. The summed E-state index contributed by atoms with van der Waals surface area (Å²) in [6, 6.07) is 13.5. The van der Waals surface area contributed by atoms with Crippen LogP contribution >= 0.6 is 0 Å². The minimum Gasteiger partial charge on any atom is -0.300 e. The van der Waals surface area contributed by atoms with Crippen molar-refractivity contribution in [2.45, 2.75) is 50.4 Å². The van der Waals surface area contributed by atoms with Crippen molar-refractivity contribution in [1.82, 2.24) is 14.7 Å². The van der Waals surface area contributed by atoms with Gasteiger partial charge in [-0.25, -0.2) is 0 Å². The maximum absolute atomic E-state index is 2.79. The SMILES string of the molecule is CN1C2CCC1CC(N1CCN(Cc3ccccc3)CC1)C2. The zero-order valence-electron chi connectivity index (χ0n) is 13.8. The van der Waals surface area contributed by atoms with Crippen molar-refractivity contribution in [2.75, 3.05) is 33.2 Å². The molecule has 2 bridgehead atoms. The van der Waals surface area contributed by atoms with E-state index in [1.165, 1.54) is 57.4 Å². The van der Waals surface area contributed by atoms with E-state index in [0.717, 1.165) is 24.7 Å². The molecule has 3 heteroatoms. The first-order valence-corrected chi connectivity index (χ1v) is 9.02. The van der Waals surface area contributed by atoms with Crippen molar-refractivity contribution in [3.05, 3.63) is 35.9 Å². The minimum absolute atomic E-state index is 0.854. The van der Waals surface area contributed by atoms with E-state index in [1.54, 1.807) is 0 Å². The standard InChI is InChI=1S/C19H29N3/c1-20-17-7-8-18(20)14-19(13-17)22-11-9-21(10-12-22)15-16-5-3-2-4-6-16/h2-6,17-19H,7-15H2,1H3. The van der Waals surface area contributed by atoms with Crippen molar-refractivity contribution < 1.29 is 0 Å². The Kier molecular flexibility index (Phi) is 4.21. The molecular formula is C19H29N3. The number of piperidine rings is 1. The number of rotatable bonds is 3. The number of nitrogens with zero attached hydrogens (tertiary/aromatic N) is 3. The Bertz CT molecular complexity index is 467. The number of fused-ring (bicyclic) bond motifs is 2. The maximum atomic E-state index is 2.79. The Morgan fingerprint density at radius 2 is 1.50 bits per heavy atom. The van der Waals surface area contributed by atoms with E-state index in [1.807, 2.05) is 0 Å². The van der Waals surface area contributed by atoms with E-state index in [2.05, 4.69) is 52.1 Å². The zero-order valence-corrected chi connectivity index (χ0v) is 13.8. The Balaban J connectivity index is 1.29. The second-order valence-corrected chi connectivity index (χ2v) is 7.47. The third kappa shape index (κ3) is 2.94. The molecule has 3 fully saturated rings. The highest BCUT2D eigenvalue weighted by atomic mass is 15.3. The van der Waals surface area contributed by atoms with Crippen molar-refractivity contribution in [1.29, 1.82) is 0 Å². The van der Waals surface area contributed by atoms with Gasteiger partial charge in [0.1, 0.15) is 0 Å². The van der Waals surface area contributed by atoms with Crippen molar-refractivity contribution in [3.63, 3.8) is 0 Å². The molecule has 3 aliphatic heterocycles. The Labute approximate surface area is 134 Å². The summed E-state index contributed by atoms with van der Waals surface area (Å²) in [6.07, 6.45) is 5.69. The van der Waals surface area contributed by atoms with Crippen molar-refractivity contribution in [3.8, 4) is 0 Å². The lowest BCUT2D eigenvalue weighted by molar-refractivity contribution is 0.0379. The number of piperazine rings is 1. The Morgan fingerprint density at radius 3 is 2.14 bits per heavy atom. The first-order chi connectivity index (χ1) is 10.8. The fourth-order valence-electron chi connectivity index (χ4n) is 4.81. The molecule has 0 saturated carbocycles. The van der Waals surface area contributed by atoms with E-state index < -0.39 is 0 Å². The molecule has 22 heavy (non-hydrogen) atoms. The molecule has 3 heterocycles. The average Bonchev–Trinajstić information content (AvgIpc) is 2.77. The quantitative estimate of drug-likeness (QED) is 0.849. The third-order valence-corrected chi connectivity index (χ3v) is 6.25. The molecule has 0 amide bonds. The highest BCUT2D eigenvalue weighted by Gasteiger charge is 2.40. The van der Waals surface area contributed by atoms with Gasteiger partial charge in [0.15, 0.2) is 0 Å². The first kappa shape index (κ1) is 14.7. The van der Waals surface area contributed by atoms with Crippen LogP contribution in [0.25, 0.3) is 0 Å². The highest BCUT2D eigenvalue weighted by molar-refractivity contribution is 5.14. The van der Waals surface area contributed by atoms with E-state index in [0.29, 0.717) is 0 Å². The predicted molar refractivity (Wildman–Crippen MR) is 90.9 cm³/mol. The molecule has 1 aromatic rings. The average molecular weight is 299 g/mol. The molecule has 0 radical (unpaired) electrons. The lowest BCUT2D eigenvalue weighted by Gasteiger charge is -2.45. The molecule has 2 atom stereocenters. The van der Waals surface area contributed by atoms with E-state index in [4.69, 9.17) is 0 Å². The lowest BCUT2D eigenvalue weighted by Crippen LogP contribution is -2.54. The van der Waals surface area contributed by atoms with E-state index in [9.17, 15) is 0 Å². The molecule has 120 valence electrons. The van der Waals surface area contributed by atoms with Gasteiger partial charge < -0.3 is 4.90 Å². The molecule has 1 aromatic carbocycles. The van der Waals surface area contributed by atoms with Crippen LogP contribution in [0.3, 0.4) is 0 Å². The van der Waals surface area contributed by atoms with Crippen LogP contribution in [-0.4, -0.2) is 66.1 Å². The summed E-state index contributed by atoms with van der Waals surface area (Å²) in [6.45, 7) is 6.11. The highest BCUT2D eigenvalue weighted by Crippen LogP contribution is 2.36. The van der Waals surface area contributed by atoms with Crippen LogP contribution in [0.15, 0.2) is 30.3 Å². The predicted octanol–water partition coefficient (Wildman–Crippen LogP) is 2.43. The summed E-state index contributed by atoms with van der Waals surface area (Å²) in [5.41, 5.74) is 1.45. The van der Waals surface area contributed by atoms with E-state index in [-0.39, 0.29) is 0 Å². The van der Waals surface area contributed by atoms with Gasteiger partial charge >= 0.3 is 0 Å². The molecule has 2 unspecified atom stereocenters. The zero-order chi connectivity index (χ0) is 14.9. The van der Waals surface area contributed by atoms with Crippen LogP contribution in [-0.2, 0) is 6.54 Å². The van der Waals surface area contributed by atoms with Crippen LogP contribution in [0.5, 0.6) is 0 Å². The molecule has 3 aliphatic rings. The fourth-order valence-corrected chi connectivity index (χ4v) is 4.81. The smallest absolute Gasteiger partial charge is 0.0234 e. The molecule has 4 rings (SSSR count). The van der Waals surface area contributed by atoms with Crippen molar-refractivity contribution >= 4 is 0 Å². The van der Waals surface area contributed by atoms with Gasteiger partial charge in [0.05, 0.1) is 0 Å². The second-order valence-electron chi connectivity index (χ2n) is 7.47. The molecule has 3 nitrogen and oxygen atoms in total. The van der Waals surface area contributed by atoms with Gasteiger partial charge in [0.2, 0.25) is 0 Å². The Morgan fingerprint density at radius 1 is 0.864 bits per heavy atom. The van der Waals surface area contributed by atoms with Gasteiger partial charge in [0.25, 0.3) is 0 Å². The lowest BCUT2D eigenvalue weighted by atomic mass is 9.96. The van der Waals surface area contributed by atoms with Gasteiger partial charge in [-0.05, 0) is 38.3 Å². The molecule has 3 saturated heterocycles. The molecule has 0 aliphatic carbocycles. The summed E-state index contributed by atoms with van der Waals surface area (Å²) < 4.78 is 0. The van der Waals surface area contributed by atoms with Gasteiger partial charge in [0, 0.05) is 50.8 Å². The third-order valence-electron chi connectivity index (χ3n) is 6.25. The topological polar surface area (TPSA) is 9.72 Å². The van der Waals surface area contributed by atoms with Gasteiger partial charge in [-0.2, -0.15) is 0 Å². The molecule has 0 spiro atoms. The van der Waals surface area contributed by atoms with Crippen LogP contribution in [0.1, 0.15) is 31.2 Å². The van der Waals surface area contributed by atoms with Crippen LogP contribution in [0.4, 0.5) is 0 Å². The van der Waals surface area contributed by atoms with Crippen LogP contribution in [0, 0.1) is 0 Å². The van der Waals surface area contributed by atoms with Gasteiger partial charge in [-0.15, -0.1) is 0 Å². The molecule has 0 aromatic heterocycles. The number of hydrogen-bond acceptors (Lipinski definition) is 3. The second kappa shape index (κ2) is 6.31. The molecular weight excluding hydrogens is 270 g/mol. The number of benzene rings is 1. The fraction of sp³-hybridized carbons (Fsp3) is 0.684. The normalized spacial score (nSPS) is 34.1. The van der Waals surface area contributed by atoms with Crippen molar-refractivity contribution in [2.24, 2.45) is 0 Å². The van der Waals surface area contributed by atoms with Gasteiger partial charge in [-0.3, -0.25) is 9.80 Å². The van der Waals surface area contributed by atoms with Crippen LogP contribution < -0.4 is 0 Å². The van der Waals surface area contributed by atoms with Gasteiger partial charge in [-0.1, -0.05) is 30.3 Å². The monoisotopic (exact) mass is 299 g/mol. The summed E-state index contributed by atoms with van der Waals surface area (Å²) >= 11 is 0. The first-order valence-electron chi connectivity index (χ1n) is 9.02. The largest absolute Gasteiger partial charge is 0.300 e. The Hall–Kier alpha value is -0.900. The minimum atomic E-state index is 0.854. The summed E-state index contributed by atoms with van der Waals surface area (Å²) in [7, 11) is 2.34.